The van der Waals surface area contributed by atoms with Crippen LogP contribution in [-0.2, 0) is 16.0 Å². The maximum atomic E-state index is 13.3. The van der Waals surface area contributed by atoms with Crippen LogP contribution in [0.2, 0.25) is 10.0 Å². The summed E-state index contributed by atoms with van der Waals surface area (Å²) in [6, 6.07) is 7.67. The van der Waals surface area contributed by atoms with Crippen LogP contribution in [0.5, 0.6) is 5.75 Å². The number of hydrogen-bond donors (Lipinski definition) is 3. The fourth-order valence-electron chi connectivity index (χ4n) is 4.20. The van der Waals surface area contributed by atoms with Crippen molar-refractivity contribution in [2.45, 2.75) is 32.3 Å². The number of halogens is 2. The number of hydrogen-bond acceptors (Lipinski definition) is 7. The fraction of sp³-hybridized carbons (Fsp3) is 0.458. The van der Waals surface area contributed by atoms with E-state index in [9.17, 15) is 14.7 Å². The van der Waals surface area contributed by atoms with Crippen molar-refractivity contribution in [1.29, 1.82) is 0 Å². The van der Waals surface area contributed by atoms with Crippen LogP contribution in [0, 0.1) is 5.92 Å². The lowest BCUT2D eigenvalue weighted by atomic mass is 9.92. The topological polar surface area (TPSA) is 115 Å². The van der Waals surface area contributed by atoms with Crippen LogP contribution < -0.4 is 15.1 Å². The van der Waals surface area contributed by atoms with E-state index < -0.39 is 17.9 Å². The van der Waals surface area contributed by atoms with E-state index in [-0.39, 0.29) is 12.3 Å². The van der Waals surface area contributed by atoms with E-state index >= 15 is 0 Å². The Bertz CT molecular complexity index is 980. The van der Waals surface area contributed by atoms with E-state index in [2.05, 4.69) is 4.98 Å². The molecule has 1 unspecified atom stereocenters. The lowest BCUT2D eigenvalue weighted by Crippen LogP contribution is -2.53. The van der Waals surface area contributed by atoms with Crippen molar-refractivity contribution in [3.05, 3.63) is 52.3 Å². The molecule has 1 aliphatic heterocycles. The van der Waals surface area contributed by atoms with Crippen LogP contribution in [0.25, 0.3) is 0 Å². The number of rotatable bonds is 10. The summed E-state index contributed by atoms with van der Waals surface area (Å²) in [6.07, 6.45) is 2.89. The molecule has 3 rings (SSSR count). The molecule has 11 heteroatoms. The third kappa shape index (κ3) is 6.98. The Kier molecular flexibility index (Phi) is 9.97. The summed E-state index contributed by atoms with van der Waals surface area (Å²) >= 11 is 12.5. The molecular formula is C24H30Cl2N4O5. The molecule has 1 aromatic heterocycles. The van der Waals surface area contributed by atoms with Gasteiger partial charge in [-0.3, -0.25) is 19.8 Å². The Labute approximate surface area is 214 Å². The largest absolute Gasteiger partial charge is 0.494 e. The first-order valence-electron chi connectivity index (χ1n) is 11.5. The number of aliphatic hydroxyl groups is 1. The molecule has 190 valence electrons. The van der Waals surface area contributed by atoms with Crippen molar-refractivity contribution in [3.63, 3.8) is 0 Å². The molecule has 3 N–H and O–H groups in total. The minimum atomic E-state index is -1.66. The summed E-state index contributed by atoms with van der Waals surface area (Å²) in [5.41, 5.74) is 3.18. The lowest BCUT2D eigenvalue weighted by molar-refractivity contribution is -0.150. The van der Waals surface area contributed by atoms with E-state index in [1.807, 2.05) is 36.1 Å². The van der Waals surface area contributed by atoms with E-state index in [4.69, 9.17) is 33.1 Å². The van der Waals surface area contributed by atoms with E-state index in [0.29, 0.717) is 61.4 Å². The first-order valence-corrected chi connectivity index (χ1v) is 12.3. The average Bonchev–Trinajstić information content (AvgIpc) is 2.87. The number of amides is 2. The Morgan fingerprint density at radius 2 is 1.74 bits per heavy atom. The van der Waals surface area contributed by atoms with Crippen molar-refractivity contribution in [2.24, 2.45) is 5.92 Å². The number of hydroxylamine groups is 1. The molecule has 0 spiro atoms. The highest BCUT2D eigenvalue weighted by atomic mass is 35.5. The molecule has 0 aliphatic carbocycles. The highest BCUT2D eigenvalue weighted by Crippen LogP contribution is 2.33. The smallest absolute Gasteiger partial charge is 0.272 e. The summed E-state index contributed by atoms with van der Waals surface area (Å²) in [5.74, 6) is -1.53. The van der Waals surface area contributed by atoms with E-state index in [1.54, 1.807) is 4.90 Å². The van der Waals surface area contributed by atoms with E-state index in [0.717, 1.165) is 11.3 Å². The summed E-state index contributed by atoms with van der Waals surface area (Å²) in [5, 5.41) is 20.3. The van der Waals surface area contributed by atoms with Gasteiger partial charge in [0.15, 0.2) is 0 Å². The van der Waals surface area contributed by atoms with Gasteiger partial charge in [0.2, 0.25) is 5.91 Å². The Hall–Kier alpha value is -2.59. The maximum Gasteiger partial charge on any atom is 0.272 e. The van der Waals surface area contributed by atoms with Gasteiger partial charge < -0.3 is 19.6 Å². The number of carbonyl (C=O) groups is 2. The van der Waals surface area contributed by atoms with Gasteiger partial charge in [-0.2, -0.15) is 0 Å². The van der Waals surface area contributed by atoms with Gasteiger partial charge in [0.25, 0.3) is 5.91 Å². The van der Waals surface area contributed by atoms with Gasteiger partial charge in [-0.1, -0.05) is 35.3 Å². The van der Waals surface area contributed by atoms with Crippen molar-refractivity contribution in [1.82, 2.24) is 15.4 Å². The Balaban J connectivity index is 1.62. The zero-order valence-electron chi connectivity index (χ0n) is 19.5. The van der Waals surface area contributed by atoms with Gasteiger partial charge in [-0.05, 0) is 43.9 Å². The summed E-state index contributed by atoms with van der Waals surface area (Å²) in [7, 11) is 0. The third-order valence-corrected chi connectivity index (χ3v) is 6.58. The third-order valence-electron chi connectivity index (χ3n) is 6.03. The molecule has 9 nitrogen and oxygen atoms in total. The summed E-state index contributed by atoms with van der Waals surface area (Å²) in [4.78, 5) is 32.8. The molecule has 0 saturated carbocycles. The predicted octanol–water partition coefficient (Wildman–Crippen LogP) is 2.94. The lowest BCUT2D eigenvalue weighted by Gasteiger charge is -2.38. The molecule has 2 aromatic rings. The first-order chi connectivity index (χ1) is 16.8. The first kappa shape index (κ1) is 27.0. The van der Waals surface area contributed by atoms with Gasteiger partial charge in [-0.15, -0.1) is 0 Å². The minimum Gasteiger partial charge on any atom is -0.494 e. The summed E-state index contributed by atoms with van der Waals surface area (Å²) in [6.45, 7) is 4.22. The highest BCUT2D eigenvalue weighted by molar-refractivity contribution is 6.38. The van der Waals surface area contributed by atoms with Crippen LogP contribution >= 0.6 is 23.2 Å². The predicted molar refractivity (Wildman–Crippen MR) is 133 cm³/mol. The standard InChI is InChI=1S/C24H30Cl2N4O5/c1-2-35-17-8-6-16(7-9-17)4-3-5-18(22(31)23(32)28-34)24(33)30-12-10-29(11-13-30)21-19(25)14-27-15-20(21)26/h6-9,14-15,18,22,31,34H,2-5,10-13H2,1H3,(H,28,32)/t18?,22-/m0/s1. The number of aliphatic hydroxyl groups excluding tert-OH is 1. The number of carbonyl (C=O) groups excluding carboxylic acids is 2. The van der Waals surface area contributed by atoms with Gasteiger partial charge in [-0.25, -0.2) is 5.48 Å². The van der Waals surface area contributed by atoms with Gasteiger partial charge in [0.1, 0.15) is 11.9 Å². The molecule has 2 atom stereocenters. The Morgan fingerprint density at radius 1 is 1.11 bits per heavy atom. The minimum absolute atomic E-state index is 0.281. The molecule has 1 saturated heterocycles. The number of pyridine rings is 1. The zero-order valence-corrected chi connectivity index (χ0v) is 21.0. The van der Waals surface area contributed by atoms with Gasteiger partial charge in [0.05, 0.1) is 28.3 Å². The molecule has 2 amide bonds. The quantitative estimate of drug-likeness (QED) is 0.323. The molecule has 0 bridgehead atoms. The van der Waals surface area contributed by atoms with Crippen molar-refractivity contribution in [2.75, 3.05) is 37.7 Å². The van der Waals surface area contributed by atoms with Crippen molar-refractivity contribution >= 4 is 40.7 Å². The van der Waals surface area contributed by atoms with Crippen molar-refractivity contribution in [3.8, 4) is 5.75 Å². The second-order valence-electron chi connectivity index (χ2n) is 8.26. The van der Waals surface area contributed by atoms with Gasteiger partial charge >= 0.3 is 0 Å². The number of nitrogens with zero attached hydrogens (tertiary/aromatic N) is 3. The van der Waals surface area contributed by atoms with Crippen LogP contribution in [0.15, 0.2) is 36.7 Å². The maximum absolute atomic E-state index is 13.3. The second-order valence-corrected chi connectivity index (χ2v) is 9.08. The SMILES string of the molecule is CCOc1ccc(CCCC(C(=O)N2CCN(c3c(Cl)cncc3Cl)CC2)[C@H](O)C(=O)NO)cc1. The number of nitrogens with one attached hydrogen (secondary N) is 1. The molecule has 1 aliphatic rings. The number of aryl methyl sites for hydroxylation is 1. The zero-order chi connectivity index (χ0) is 25.4. The number of benzene rings is 1. The fourth-order valence-corrected chi connectivity index (χ4v) is 4.81. The molecule has 0 radical (unpaired) electrons. The molecule has 1 fully saturated rings. The normalized spacial score (nSPS) is 15.5. The number of anilines is 1. The Morgan fingerprint density at radius 3 is 2.31 bits per heavy atom. The van der Waals surface area contributed by atoms with Crippen LogP contribution in [0.4, 0.5) is 5.69 Å². The van der Waals surface area contributed by atoms with Crippen LogP contribution in [0.1, 0.15) is 25.3 Å². The number of aromatic nitrogens is 1. The second kappa shape index (κ2) is 12.9. The van der Waals surface area contributed by atoms with Crippen LogP contribution in [-0.4, -0.2) is 70.9 Å². The molecular weight excluding hydrogens is 495 g/mol. The number of ether oxygens (including phenoxy) is 1. The number of piperazine rings is 1. The van der Waals surface area contributed by atoms with Gasteiger partial charge in [0, 0.05) is 38.6 Å². The molecule has 1 aromatic carbocycles. The molecule has 35 heavy (non-hydrogen) atoms. The molecule has 2 heterocycles. The highest BCUT2D eigenvalue weighted by Gasteiger charge is 2.36. The van der Waals surface area contributed by atoms with E-state index in [1.165, 1.54) is 17.9 Å². The summed E-state index contributed by atoms with van der Waals surface area (Å²) < 4.78 is 5.45. The van der Waals surface area contributed by atoms with Crippen LogP contribution in [0.3, 0.4) is 0 Å². The monoisotopic (exact) mass is 524 g/mol. The average molecular weight is 525 g/mol. The van der Waals surface area contributed by atoms with Crippen molar-refractivity contribution < 1.29 is 24.6 Å².